The van der Waals surface area contributed by atoms with Crippen LogP contribution in [0.5, 0.6) is 0 Å². The lowest BCUT2D eigenvalue weighted by Gasteiger charge is -2.12. The zero-order chi connectivity index (χ0) is 18.8. The smallest absolute Gasteiger partial charge is 0.227 e. The maximum Gasteiger partial charge on any atom is 0.227 e. The number of rotatable bonds is 8. The van der Waals surface area contributed by atoms with E-state index in [9.17, 15) is 4.79 Å². The average Bonchev–Trinajstić information content (AvgIpc) is 3.17. The fraction of sp³-hybridized carbons (Fsp3) is 0.400. The molecule has 1 amide bonds. The summed E-state index contributed by atoms with van der Waals surface area (Å²) in [5, 5.41) is 9.41. The summed E-state index contributed by atoms with van der Waals surface area (Å²) >= 11 is 0. The van der Waals surface area contributed by atoms with Gasteiger partial charge in [0.1, 0.15) is 5.76 Å². The van der Waals surface area contributed by atoms with Crippen molar-refractivity contribution in [1.82, 2.24) is 10.6 Å². The molecule has 0 saturated carbocycles. The van der Waals surface area contributed by atoms with Crippen molar-refractivity contribution in [3.05, 3.63) is 54.0 Å². The highest BCUT2D eigenvalue weighted by atomic mass is 16.3. The van der Waals surface area contributed by atoms with Crippen molar-refractivity contribution in [3.63, 3.8) is 0 Å². The van der Waals surface area contributed by atoms with E-state index in [4.69, 9.17) is 4.42 Å². The molecular formula is C20H28N4O2. The van der Waals surface area contributed by atoms with Crippen LogP contribution in [0.25, 0.3) is 0 Å². The summed E-state index contributed by atoms with van der Waals surface area (Å²) < 4.78 is 5.32. The first-order valence-corrected chi connectivity index (χ1v) is 9.06. The molecule has 3 N–H and O–H groups in total. The van der Waals surface area contributed by atoms with E-state index < -0.39 is 0 Å². The molecule has 0 aliphatic carbocycles. The normalized spacial score (nSPS) is 12.5. The molecule has 1 aromatic carbocycles. The molecule has 1 heterocycles. The zero-order valence-corrected chi connectivity index (χ0v) is 15.7. The van der Waals surface area contributed by atoms with Gasteiger partial charge in [0, 0.05) is 18.2 Å². The Bertz CT molecular complexity index is 710. The van der Waals surface area contributed by atoms with E-state index in [1.54, 1.807) is 6.26 Å². The van der Waals surface area contributed by atoms with Gasteiger partial charge >= 0.3 is 0 Å². The Hall–Kier alpha value is -2.76. The molecule has 1 aromatic heterocycles. The molecule has 1 unspecified atom stereocenters. The molecular weight excluding hydrogens is 328 g/mol. The highest BCUT2D eigenvalue weighted by Gasteiger charge is 2.10. The molecule has 0 aliphatic rings. The second-order valence-electron chi connectivity index (χ2n) is 6.13. The standard InChI is InChI=1S/C20H28N4O2/c1-4-15(3)19(25)24-17-9-6-8-16(12-17)13-22-20(21-5-2)23-14-18-10-7-11-26-18/h6-12,15H,4-5,13-14H2,1-3H3,(H,24,25)(H2,21,22,23). The van der Waals surface area contributed by atoms with E-state index in [0.29, 0.717) is 13.1 Å². The Balaban J connectivity index is 1.97. The van der Waals surface area contributed by atoms with Crippen LogP contribution in [0.4, 0.5) is 5.69 Å². The molecule has 26 heavy (non-hydrogen) atoms. The summed E-state index contributed by atoms with van der Waals surface area (Å²) in [7, 11) is 0. The van der Waals surface area contributed by atoms with Crippen LogP contribution in [0.15, 0.2) is 52.1 Å². The van der Waals surface area contributed by atoms with Gasteiger partial charge in [-0.1, -0.05) is 26.0 Å². The van der Waals surface area contributed by atoms with Gasteiger partial charge in [-0.2, -0.15) is 0 Å². The second kappa shape index (κ2) is 10.3. The third-order valence-corrected chi connectivity index (χ3v) is 4.03. The summed E-state index contributed by atoms with van der Waals surface area (Å²) in [5.74, 6) is 1.62. The van der Waals surface area contributed by atoms with Gasteiger partial charge in [0.05, 0.1) is 19.4 Å². The van der Waals surface area contributed by atoms with Crippen LogP contribution in [0.3, 0.4) is 0 Å². The second-order valence-corrected chi connectivity index (χ2v) is 6.13. The molecule has 140 valence electrons. The monoisotopic (exact) mass is 356 g/mol. The van der Waals surface area contributed by atoms with Crippen molar-refractivity contribution in [1.29, 1.82) is 0 Å². The molecule has 0 bridgehead atoms. The van der Waals surface area contributed by atoms with Gasteiger partial charge in [0.2, 0.25) is 5.91 Å². The van der Waals surface area contributed by atoms with Crippen LogP contribution in [0.1, 0.15) is 38.5 Å². The minimum absolute atomic E-state index is 0.00262. The van der Waals surface area contributed by atoms with Crippen molar-refractivity contribution in [2.24, 2.45) is 10.9 Å². The maximum absolute atomic E-state index is 12.0. The number of anilines is 1. The number of guanidine groups is 1. The van der Waals surface area contributed by atoms with Gasteiger partial charge < -0.3 is 20.4 Å². The molecule has 0 aliphatic heterocycles. The number of hydrogen-bond acceptors (Lipinski definition) is 3. The number of benzene rings is 1. The Morgan fingerprint density at radius 3 is 2.73 bits per heavy atom. The molecule has 1 atom stereocenters. The van der Waals surface area contributed by atoms with Crippen LogP contribution in [0, 0.1) is 5.92 Å². The van der Waals surface area contributed by atoms with Crippen LogP contribution in [-0.4, -0.2) is 18.4 Å². The Labute approximate surface area is 155 Å². The third kappa shape index (κ3) is 6.27. The predicted octanol–water partition coefficient (Wildman–Crippen LogP) is 3.52. The lowest BCUT2D eigenvalue weighted by Crippen LogP contribution is -2.36. The molecule has 0 fully saturated rings. The first-order chi connectivity index (χ1) is 12.6. The molecule has 0 spiro atoms. The number of carbonyl (C=O) groups excluding carboxylic acids is 1. The van der Waals surface area contributed by atoms with Crippen molar-refractivity contribution in [2.45, 2.75) is 40.3 Å². The van der Waals surface area contributed by atoms with Crippen LogP contribution in [0.2, 0.25) is 0 Å². The first-order valence-electron chi connectivity index (χ1n) is 9.06. The van der Waals surface area contributed by atoms with Crippen molar-refractivity contribution in [2.75, 3.05) is 11.9 Å². The van der Waals surface area contributed by atoms with Gasteiger partial charge in [-0.05, 0) is 43.2 Å². The fourth-order valence-corrected chi connectivity index (χ4v) is 2.29. The molecule has 2 aromatic rings. The number of nitrogens with one attached hydrogen (secondary N) is 3. The number of amides is 1. The molecule has 6 heteroatoms. The average molecular weight is 356 g/mol. The third-order valence-electron chi connectivity index (χ3n) is 4.03. The Morgan fingerprint density at radius 2 is 2.04 bits per heavy atom. The summed E-state index contributed by atoms with van der Waals surface area (Å²) in [4.78, 5) is 16.6. The lowest BCUT2D eigenvalue weighted by atomic mass is 10.1. The number of carbonyl (C=O) groups is 1. The molecule has 0 saturated heterocycles. The first kappa shape index (κ1) is 19.6. The van der Waals surface area contributed by atoms with E-state index in [1.165, 1.54) is 0 Å². The Morgan fingerprint density at radius 1 is 1.19 bits per heavy atom. The fourth-order valence-electron chi connectivity index (χ4n) is 2.29. The van der Waals surface area contributed by atoms with Crippen LogP contribution >= 0.6 is 0 Å². The zero-order valence-electron chi connectivity index (χ0n) is 15.7. The van der Waals surface area contributed by atoms with Crippen LogP contribution in [-0.2, 0) is 17.9 Å². The van der Waals surface area contributed by atoms with Crippen molar-refractivity contribution >= 4 is 17.6 Å². The lowest BCUT2D eigenvalue weighted by molar-refractivity contribution is -0.119. The highest BCUT2D eigenvalue weighted by molar-refractivity contribution is 5.92. The minimum Gasteiger partial charge on any atom is -0.467 e. The number of furan rings is 1. The predicted molar refractivity (Wildman–Crippen MR) is 105 cm³/mol. The summed E-state index contributed by atoms with van der Waals surface area (Å²) in [5.41, 5.74) is 1.83. The number of aliphatic imine (C=N–C) groups is 1. The van der Waals surface area contributed by atoms with Crippen molar-refractivity contribution < 1.29 is 9.21 Å². The summed E-state index contributed by atoms with van der Waals surface area (Å²) in [6, 6.07) is 11.6. The van der Waals surface area contributed by atoms with Gasteiger partial charge in [-0.25, -0.2) is 4.99 Å². The SMILES string of the molecule is CCNC(=NCc1cccc(NC(=O)C(C)CC)c1)NCc1ccco1. The quantitative estimate of drug-likeness (QED) is 0.499. The van der Waals surface area contributed by atoms with Gasteiger partial charge in [0.15, 0.2) is 5.96 Å². The van der Waals surface area contributed by atoms with E-state index in [1.807, 2.05) is 57.2 Å². The summed E-state index contributed by atoms with van der Waals surface area (Å²) in [6.45, 7) is 7.82. The number of nitrogens with zero attached hydrogens (tertiary/aromatic N) is 1. The molecule has 2 rings (SSSR count). The molecule has 0 radical (unpaired) electrons. The van der Waals surface area contributed by atoms with Gasteiger partial charge in [-0.3, -0.25) is 4.79 Å². The topological polar surface area (TPSA) is 78.7 Å². The highest BCUT2D eigenvalue weighted by Crippen LogP contribution is 2.14. The van der Waals surface area contributed by atoms with E-state index in [-0.39, 0.29) is 11.8 Å². The van der Waals surface area contributed by atoms with E-state index >= 15 is 0 Å². The number of hydrogen-bond donors (Lipinski definition) is 3. The van der Waals surface area contributed by atoms with E-state index in [2.05, 4.69) is 20.9 Å². The molecule has 6 nitrogen and oxygen atoms in total. The summed E-state index contributed by atoms with van der Waals surface area (Å²) in [6.07, 6.45) is 2.48. The van der Waals surface area contributed by atoms with Crippen LogP contribution < -0.4 is 16.0 Å². The van der Waals surface area contributed by atoms with Gasteiger partial charge in [-0.15, -0.1) is 0 Å². The minimum atomic E-state index is 0.00262. The van der Waals surface area contributed by atoms with Crippen molar-refractivity contribution in [3.8, 4) is 0 Å². The largest absolute Gasteiger partial charge is 0.467 e. The maximum atomic E-state index is 12.0. The van der Waals surface area contributed by atoms with E-state index in [0.717, 1.165) is 35.9 Å². The Kier molecular flexibility index (Phi) is 7.74. The van der Waals surface area contributed by atoms with Gasteiger partial charge in [0.25, 0.3) is 0 Å².